The summed E-state index contributed by atoms with van der Waals surface area (Å²) in [6, 6.07) is 6.50. The highest BCUT2D eigenvalue weighted by molar-refractivity contribution is 5.91. The number of hydrogen-bond donors (Lipinski definition) is 2. The van der Waals surface area contributed by atoms with Crippen LogP contribution < -0.4 is 4.90 Å². The second-order valence-electron chi connectivity index (χ2n) is 3.29. The number of aromatic hydroxyl groups is 1. The quantitative estimate of drug-likeness (QED) is 0.752. The third-order valence-corrected chi connectivity index (χ3v) is 2.25. The number of hydrogen-bond acceptors (Lipinski definition) is 4. The van der Waals surface area contributed by atoms with Gasteiger partial charge in [-0.3, -0.25) is 4.90 Å². The van der Waals surface area contributed by atoms with E-state index in [2.05, 4.69) is 0 Å². The fourth-order valence-electron chi connectivity index (χ4n) is 1.51. The van der Waals surface area contributed by atoms with Gasteiger partial charge in [0.2, 0.25) is 0 Å². The molecule has 5 heteroatoms. The summed E-state index contributed by atoms with van der Waals surface area (Å²) < 4.78 is 4.86. The van der Waals surface area contributed by atoms with Gasteiger partial charge in [-0.05, 0) is 12.1 Å². The Morgan fingerprint density at radius 3 is 2.80 bits per heavy atom. The Morgan fingerprint density at radius 1 is 1.47 bits per heavy atom. The van der Waals surface area contributed by atoms with Gasteiger partial charge in [0.05, 0.1) is 18.8 Å². The number of carbonyl (C=O) groups is 1. The predicted octanol–water partition coefficient (Wildman–Crippen LogP) is 0.710. The summed E-state index contributed by atoms with van der Waals surface area (Å²) in [5.74, 6) is 0.0213. The number of cyclic esters (lactones) is 1. The normalized spacial score (nSPS) is 20.5. The minimum Gasteiger partial charge on any atom is -0.506 e. The van der Waals surface area contributed by atoms with Gasteiger partial charge >= 0.3 is 6.09 Å². The third-order valence-electron chi connectivity index (χ3n) is 2.25. The molecule has 5 nitrogen and oxygen atoms in total. The lowest BCUT2D eigenvalue weighted by Gasteiger charge is -2.13. The van der Waals surface area contributed by atoms with Crippen molar-refractivity contribution in [1.82, 2.24) is 0 Å². The van der Waals surface area contributed by atoms with Crippen molar-refractivity contribution >= 4 is 11.8 Å². The Bertz CT molecular complexity index is 379. The molecule has 1 amide bonds. The molecule has 0 spiro atoms. The summed E-state index contributed by atoms with van der Waals surface area (Å²) in [5.41, 5.74) is 0.401. The number of carbonyl (C=O) groups excluding carboxylic acids is 1. The van der Waals surface area contributed by atoms with Crippen LogP contribution in [0.25, 0.3) is 0 Å². The molecule has 0 radical (unpaired) electrons. The molecule has 80 valence electrons. The summed E-state index contributed by atoms with van der Waals surface area (Å²) in [6.45, 7) is 0.0444. The van der Waals surface area contributed by atoms with Crippen molar-refractivity contribution in [2.45, 2.75) is 6.10 Å². The highest BCUT2D eigenvalue weighted by Crippen LogP contribution is 2.29. The van der Waals surface area contributed by atoms with Gasteiger partial charge in [-0.25, -0.2) is 4.79 Å². The van der Waals surface area contributed by atoms with Gasteiger partial charge in [-0.1, -0.05) is 12.1 Å². The van der Waals surface area contributed by atoms with E-state index in [4.69, 9.17) is 9.84 Å². The fourth-order valence-corrected chi connectivity index (χ4v) is 1.51. The Hall–Kier alpha value is -1.75. The first-order valence-electron chi connectivity index (χ1n) is 4.59. The molecular weight excluding hydrogens is 198 g/mol. The number of phenolic OH excluding ortho intramolecular Hbond substituents is 1. The number of aliphatic hydroxyl groups is 1. The van der Waals surface area contributed by atoms with E-state index in [1.165, 1.54) is 11.0 Å². The molecule has 1 aromatic carbocycles. The molecule has 1 aromatic rings. The zero-order chi connectivity index (χ0) is 10.8. The summed E-state index contributed by atoms with van der Waals surface area (Å²) in [4.78, 5) is 12.7. The van der Waals surface area contributed by atoms with Gasteiger partial charge < -0.3 is 14.9 Å². The number of amides is 1. The number of phenols is 1. The molecule has 1 heterocycles. The first-order chi connectivity index (χ1) is 7.22. The number of ether oxygens (including phenoxy) is 1. The predicted molar refractivity (Wildman–Crippen MR) is 52.8 cm³/mol. The highest BCUT2D eigenvalue weighted by Gasteiger charge is 2.32. The van der Waals surface area contributed by atoms with E-state index < -0.39 is 12.2 Å². The molecule has 1 fully saturated rings. The molecule has 1 aliphatic heterocycles. The third kappa shape index (κ3) is 1.73. The second-order valence-corrected chi connectivity index (χ2v) is 3.29. The Kier molecular flexibility index (Phi) is 2.47. The lowest BCUT2D eigenvalue weighted by atomic mass is 10.2. The van der Waals surface area contributed by atoms with Crippen molar-refractivity contribution in [3.05, 3.63) is 24.3 Å². The number of anilines is 1. The van der Waals surface area contributed by atoms with Crippen LogP contribution in [0.2, 0.25) is 0 Å². The van der Waals surface area contributed by atoms with Gasteiger partial charge in [0, 0.05) is 0 Å². The van der Waals surface area contributed by atoms with Gasteiger partial charge in [-0.2, -0.15) is 0 Å². The lowest BCUT2D eigenvalue weighted by molar-refractivity contribution is 0.0963. The monoisotopic (exact) mass is 209 g/mol. The van der Waals surface area contributed by atoms with Crippen LogP contribution in [0, 0.1) is 0 Å². The average Bonchev–Trinajstić information content (AvgIpc) is 2.60. The molecule has 0 aromatic heterocycles. The molecule has 1 aliphatic rings. The van der Waals surface area contributed by atoms with Crippen LogP contribution in [-0.2, 0) is 4.74 Å². The van der Waals surface area contributed by atoms with Crippen LogP contribution in [0.15, 0.2) is 24.3 Å². The van der Waals surface area contributed by atoms with Gasteiger partial charge in [0.25, 0.3) is 0 Å². The van der Waals surface area contributed by atoms with E-state index in [1.807, 2.05) is 0 Å². The van der Waals surface area contributed by atoms with Crippen LogP contribution >= 0.6 is 0 Å². The average molecular weight is 209 g/mol. The Labute approximate surface area is 86.5 Å². The minimum atomic E-state index is -0.546. The van der Waals surface area contributed by atoms with E-state index in [-0.39, 0.29) is 18.9 Å². The standard InChI is InChI=1S/C10H11NO4/c12-6-7-5-11(10(14)15-7)8-3-1-2-4-9(8)13/h1-4,7,12-13H,5-6H2. The van der Waals surface area contributed by atoms with Crippen molar-refractivity contribution in [3.8, 4) is 5.75 Å². The molecule has 0 bridgehead atoms. The van der Waals surface area contributed by atoms with E-state index >= 15 is 0 Å². The summed E-state index contributed by atoms with van der Waals surface area (Å²) >= 11 is 0. The van der Waals surface area contributed by atoms with Crippen molar-refractivity contribution in [2.24, 2.45) is 0 Å². The van der Waals surface area contributed by atoms with E-state index in [9.17, 15) is 9.90 Å². The van der Waals surface area contributed by atoms with Crippen LogP contribution in [-0.4, -0.2) is 35.6 Å². The largest absolute Gasteiger partial charge is 0.506 e. The summed E-state index contributed by atoms with van der Waals surface area (Å²) in [5, 5.41) is 18.4. The Balaban J connectivity index is 2.25. The molecule has 2 rings (SSSR count). The molecule has 1 unspecified atom stereocenters. The summed E-state index contributed by atoms with van der Waals surface area (Å²) in [6.07, 6.45) is -1.06. The molecule has 1 atom stereocenters. The highest BCUT2D eigenvalue weighted by atomic mass is 16.6. The lowest BCUT2D eigenvalue weighted by Crippen LogP contribution is -2.25. The molecule has 2 N–H and O–H groups in total. The summed E-state index contributed by atoms with van der Waals surface area (Å²) in [7, 11) is 0. The van der Waals surface area contributed by atoms with Gasteiger partial charge in [0.1, 0.15) is 11.9 Å². The maximum absolute atomic E-state index is 11.4. The van der Waals surface area contributed by atoms with Crippen LogP contribution in [0.5, 0.6) is 5.75 Å². The van der Waals surface area contributed by atoms with Crippen molar-refractivity contribution in [3.63, 3.8) is 0 Å². The number of para-hydroxylation sites is 2. The van der Waals surface area contributed by atoms with Crippen molar-refractivity contribution in [2.75, 3.05) is 18.1 Å². The molecule has 0 aliphatic carbocycles. The van der Waals surface area contributed by atoms with Crippen LogP contribution in [0.3, 0.4) is 0 Å². The van der Waals surface area contributed by atoms with Crippen molar-refractivity contribution < 1.29 is 19.7 Å². The molecule has 0 saturated carbocycles. The van der Waals surface area contributed by atoms with Crippen molar-refractivity contribution in [1.29, 1.82) is 0 Å². The van der Waals surface area contributed by atoms with Crippen LogP contribution in [0.1, 0.15) is 0 Å². The van der Waals surface area contributed by atoms with E-state index in [0.717, 1.165) is 0 Å². The fraction of sp³-hybridized carbons (Fsp3) is 0.300. The number of nitrogens with zero attached hydrogens (tertiary/aromatic N) is 1. The first kappa shape index (κ1) is 9.79. The molecular formula is C10H11NO4. The molecule has 15 heavy (non-hydrogen) atoms. The first-order valence-corrected chi connectivity index (χ1v) is 4.59. The van der Waals surface area contributed by atoms with E-state index in [1.54, 1.807) is 18.2 Å². The smallest absolute Gasteiger partial charge is 0.414 e. The number of aliphatic hydroxyl groups excluding tert-OH is 1. The van der Waals surface area contributed by atoms with E-state index in [0.29, 0.717) is 5.69 Å². The maximum Gasteiger partial charge on any atom is 0.414 e. The van der Waals surface area contributed by atoms with Gasteiger partial charge in [-0.15, -0.1) is 0 Å². The Morgan fingerprint density at radius 2 is 2.20 bits per heavy atom. The zero-order valence-electron chi connectivity index (χ0n) is 7.96. The topological polar surface area (TPSA) is 70.0 Å². The minimum absolute atomic E-state index is 0.0213. The van der Waals surface area contributed by atoms with Crippen LogP contribution in [0.4, 0.5) is 10.5 Å². The zero-order valence-corrected chi connectivity index (χ0v) is 7.96. The second kappa shape index (κ2) is 3.78. The maximum atomic E-state index is 11.4. The number of benzene rings is 1. The number of rotatable bonds is 2. The van der Waals surface area contributed by atoms with Gasteiger partial charge in [0.15, 0.2) is 0 Å². The SMILES string of the molecule is O=C1OC(CO)CN1c1ccccc1O. The molecule has 1 saturated heterocycles.